The summed E-state index contributed by atoms with van der Waals surface area (Å²) in [6.07, 6.45) is 8.10. The molecule has 7 aromatic rings. The van der Waals surface area contributed by atoms with Gasteiger partial charge in [-0.15, -0.1) is 11.3 Å². The quantitative estimate of drug-likeness (QED) is 0.161. The molecule has 340 valence electrons. The number of aromatic amines is 1. The summed E-state index contributed by atoms with van der Waals surface area (Å²) in [7, 11) is 3.35. The zero-order valence-electron chi connectivity index (χ0n) is 37.7. The molecule has 63 heavy (non-hydrogen) atoms. The molecule has 2 aromatic carbocycles. The number of aryl methyl sites for hydroxylation is 9. The van der Waals surface area contributed by atoms with E-state index >= 15 is 0 Å². The zero-order valence-corrected chi connectivity index (χ0v) is 38.6. The van der Waals surface area contributed by atoms with Crippen LogP contribution < -0.4 is 10.1 Å². The number of carbonyl (C=O) groups is 2. The molecule has 1 amide bonds. The first-order valence-corrected chi connectivity index (χ1v) is 20.4. The Morgan fingerprint density at radius 1 is 0.921 bits per heavy atom. The predicted octanol–water partition coefficient (Wildman–Crippen LogP) is 10.5. The number of imidazole rings is 2. The number of nitrogens with zero attached hydrogens (tertiary/aromatic N) is 6. The average Bonchev–Trinajstić information content (AvgIpc) is 4.12. The van der Waals surface area contributed by atoms with Gasteiger partial charge in [-0.2, -0.15) is 18.2 Å². The molecule has 0 radical (unpaired) electrons. The molecular formula is C45H57F3N8O6S. The molecular weight excluding hydrogens is 838 g/mol. The molecule has 1 aliphatic heterocycles. The molecule has 0 bridgehead atoms. The summed E-state index contributed by atoms with van der Waals surface area (Å²) in [4.78, 5) is 44.4. The van der Waals surface area contributed by atoms with Crippen molar-refractivity contribution in [2.75, 3.05) is 19.0 Å². The van der Waals surface area contributed by atoms with Crippen LogP contribution in [-0.4, -0.2) is 60.1 Å². The van der Waals surface area contributed by atoms with Crippen molar-refractivity contribution in [1.29, 1.82) is 0 Å². The van der Waals surface area contributed by atoms with Crippen molar-refractivity contribution < 1.29 is 41.1 Å². The lowest BCUT2D eigenvalue weighted by atomic mass is 10.1. The van der Waals surface area contributed by atoms with Crippen molar-refractivity contribution in [1.82, 2.24) is 34.5 Å². The van der Waals surface area contributed by atoms with Crippen LogP contribution in [-0.2, 0) is 29.2 Å². The number of hydrogen-bond donors (Lipinski definition) is 2. The van der Waals surface area contributed by atoms with Gasteiger partial charge in [-0.05, 0) is 72.2 Å². The van der Waals surface area contributed by atoms with Crippen LogP contribution in [0.15, 0.2) is 94.9 Å². The van der Waals surface area contributed by atoms with Gasteiger partial charge in [0, 0.05) is 55.5 Å². The summed E-state index contributed by atoms with van der Waals surface area (Å²) in [6.45, 7) is 19.7. The Labute approximate surface area is 370 Å². The van der Waals surface area contributed by atoms with Crippen molar-refractivity contribution >= 4 is 29.2 Å². The summed E-state index contributed by atoms with van der Waals surface area (Å²) < 4.78 is 56.8. The van der Waals surface area contributed by atoms with E-state index in [0.717, 1.165) is 53.1 Å². The number of methoxy groups -OCH3 is 1. The summed E-state index contributed by atoms with van der Waals surface area (Å²) in [5, 5.41) is 1.77. The third kappa shape index (κ3) is 20.7. The summed E-state index contributed by atoms with van der Waals surface area (Å²) in [5.74, 6) is 2.42. The van der Waals surface area contributed by atoms with Crippen LogP contribution >= 0.6 is 11.3 Å². The topological polar surface area (TPSA) is 176 Å². The third-order valence-corrected chi connectivity index (χ3v) is 9.18. The van der Waals surface area contributed by atoms with Crippen LogP contribution in [0.25, 0.3) is 0 Å². The maximum atomic E-state index is 11.7. The van der Waals surface area contributed by atoms with Crippen molar-refractivity contribution in [3.8, 4) is 5.75 Å². The van der Waals surface area contributed by atoms with Gasteiger partial charge in [-0.25, -0.2) is 24.7 Å². The second-order valence-electron chi connectivity index (χ2n) is 14.0. The number of anilines is 1. The minimum Gasteiger partial charge on any atom is -0.493 e. The molecule has 0 atom stereocenters. The van der Waals surface area contributed by atoms with E-state index in [1.807, 2.05) is 71.5 Å². The summed E-state index contributed by atoms with van der Waals surface area (Å²) in [5.41, 5.74) is 7.35. The first kappa shape index (κ1) is 52.6. The minimum atomic E-state index is -4.28. The molecule has 1 aliphatic rings. The predicted molar refractivity (Wildman–Crippen MR) is 237 cm³/mol. The molecule has 0 saturated carbocycles. The normalized spacial score (nSPS) is 10.7. The SMILES string of the molecule is COC(=O)c1cccc(C)c1.Cc1ccc2c(c1)CCO2.Cc1cnc(C(F)(F)F)s1.Cc1coc(NC(=O)C(C)C)n1.Cc1nc[nH]c1C.Cc1nccn1C.Cc1ncco1. The lowest BCUT2D eigenvalue weighted by Crippen LogP contribution is -2.17. The van der Waals surface area contributed by atoms with E-state index < -0.39 is 11.2 Å². The number of benzene rings is 2. The second kappa shape index (κ2) is 26.7. The van der Waals surface area contributed by atoms with E-state index in [0.29, 0.717) is 21.8 Å². The number of carbonyl (C=O) groups excluding carboxylic acids is 2. The smallest absolute Gasteiger partial charge is 0.443 e. The van der Waals surface area contributed by atoms with Gasteiger partial charge >= 0.3 is 18.2 Å². The molecule has 0 aliphatic carbocycles. The molecule has 0 fully saturated rings. The second-order valence-corrected chi connectivity index (χ2v) is 15.3. The molecule has 8 rings (SSSR count). The molecule has 0 unspecified atom stereocenters. The zero-order chi connectivity index (χ0) is 47.1. The number of ether oxygens (including phenoxy) is 2. The first-order chi connectivity index (χ1) is 29.7. The Balaban J connectivity index is 0.000000256. The van der Waals surface area contributed by atoms with Crippen molar-refractivity contribution in [2.45, 2.75) is 81.8 Å². The van der Waals surface area contributed by atoms with Crippen molar-refractivity contribution in [2.24, 2.45) is 13.0 Å². The largest absolute Gasteiger partial charge is 0.493 e. The molecule has 18 heteroatoms. The van der Waals surface area contributed by atoms with Gasteiger partial charge in [0.2, 0.25) is 5.91 Å². The number of amides is 1. The van der Waals surface area contributed by atoms with Crippen molar-refractivity contribution in [3.05, 3.63) is 147 Å². The van der Waals surface area contributed by atoms with E-state index in [2.05, 4.69) is 65.1 Å². The molecule has 14 nitrogen and oxygen atoms in total. The van der Waals surface area contributed by atoms with E-state index in [9.17, 15) is 22.8 Å². The Kier molecular flexibility index (Phi) is 22.3. The van der Waals surface area contributed by atoms with Gasteiger partial charge in [0.05, 0.1) is 43.2 Å². The van der Waals surface area contributed by atoms with Crippen molar-refractivity contribution in [3.63, 3.8) is 0 Å². The fraction of sp³-hybridized carbons (Fsp3) is 0.356. The number of thiazole rings is 1. The van der Waals surface area contributed by atoms with Gasteiger partial charge < -0.3 is 27.9 Å². The number of H-pyrrole nitrogens is 1. The number of aromatic nitrogens is 7. The van der Waals surface area contributed by atoms with Gasteiger partial charge in [0.15, 0.2) is 10.9 Å². The van der Waals surface area contributed by atoms with Crippen LogP contribution in [0, 0.1) is 61.3 Å². The molecule has 0 spiro atoms. The lowest BCUT2D eigenvalue weighted by Gasteiger charge is -2.01. The fourth-order valence-electron chi connectivity index (χ4n) is 4.51. The molecule has 6 heterocycles. The van der Waals surface area contributed by atoms with Crippen LogP contribution in [0.1, 0.15) is 79.6 Å². The van der Waals surface area contributed by atoms with Crippen LogP contribution in [0.4, 0.5) is 19.2 Å². The van der Waals surface area contributed by atoms with Gasteiger partial charge in [-0.1, -0.05) is 49.2 Å². The summed E-state index contributed by atoms with van der Waals surface area (Å²) >= 11 is 0.659. The van der Waals surface area contributed by atoms with Gasteiger partial charge in [-0.3, -0.25) is 10.1 Å². The molecule has 0 saturated heterocycles. The summed E-state index contributed by atoms with van der Waals surface area (Å²) in [6, 6.07) is 13.9. The number of nitrogens with one attached hydrogen (secondary N) is 2. The van der Waals surface area contributed by atoms with E-state index in [1.165, 1.54) is 30.7 Å². The third-order valence-electron chi connectivity index (χ3n) is 8.22. The molecule has 5 aromatic heterocycles. The number of oxazole rings is 2. The highest BCUT2D eigenvalue weighted by molar-refractivity contribution is 7.11. The first-order valence-electron chi connectivity index (χ1n) is 19.6. The number of hydrogen-bond acceptors (Lipinski definition) is 12. The lowest BCUT2D eigenvalue weighted by molar-refractivity contribution is -0.137. The maximum absolute atomic E-state index is 11.7. The number of esters is 1. The number of rotatable bonds is 3. The Bertz CT molecular complexity index is 2310. The standard InChI is InChI=1S/C9H10O2.C9H10O.C8H12N2O2.C5H4F3NS.2C5H8N2.C4H5NO/c1-7-4-3-5-8(6-7)9(10)11-2;1-7-2-3-9-8(6-7)4-5-10-9;1-5(2)7(11)10-8-9-6(3)4-12-8;1-3-2-9-4(10-3)5(6,7)8;1-5-6-3-4-7(5)2;1-4-5(2)7-3-6-4;1-4-5-2-3-6-4/h3-6H,1-2H3;2-3,6H,4-5H2,1H3;4-5H,1-3H3,(H,9,10,11);2H,1H3;3-4H,1-2H3;3H,1-2H3,(H,6,7);2-3H,1H3. The monoisotopic (exact) mass is 894 g/mol. The average molecular weight is 895 g/mol. The Morgan fingerprint density at radius 2 is 1.63 bits per heavy atom. The number of alkyl halides is 3. The van der Waals surface area contributed by atoms with Gasteiger partial charge in [0.1, 0.15) is 24.1 Å². The Hall–Kier alpha value is -6.56. The number of fused-ring (bicyclic) bond motifs is 1. The van der Waals surface area contributed by atoms with E-state index in [-0.39, 0.29) is 23.8 Å². The van der Waals surface area contributed by atoms with E-state index in [4.69, 9.17) is 13.6 Å². The highest BCUT2D eigenvalue weighted by Gasteiger charge is 2.34. The fourth-order valence-corrected chi connectivity index (χ4v) is 5.15. The van der Waals surface area contributed by atoms with Crippen LogP contribution in [0.5, 0.6) is 5.75 Å². The van der Waals surface area contributed by atoms with Crippen LogP contribution in [0.2, 0.25) is 0 Å². The number of halogens is 3. The van der Waals surface area contributed by atoms with E-state index in [1.54, 1.807) is 57.9 Å². The highest BCUT2D eigenvalue weighted by atomic mass is 32.1. The maximum Gasteiger partial charge on any atom is 0.443 e. The van der Waals surface area contributed by atoms with Crippen LogP contribution in [0.3, 0.4) is 0 Å². The minimum absolute atomic E-state index is 0.0581. The highest BCUT2D eigenvalue weighted by Crippen LogP contribution is 2.32. The Morgan fingerprint density at radius 3 is 2.03 bits per heavy atom. The molecule has 2 N–H and O–H groups in total. The van der Waals surface area contributed by atoms with Gasteiger partial charge in [0.25, 0.3) is 0 Å².